The summed E-state index contributed by atoms with van der Waals surface area (Å²) in [7, 11) is 0. The minimum absolute atomic E-state index is 0.0478. The highest BCUT2D eigenvalue weighted by atomic mass is 16.4. The minimum atomic E-state index is -1.00. The van der Waals surface area contributed by atoms with E-state index in [0.29, 0.717) is 43.6 Å². The molecule has 3 N–H and O–H groups in total. The maximum Gasteiger partial charge on any atom is 0.322 e. The van der Waals surface area contributed by atoms with Gasteiger partial charge in [0.05, 0.1) is 5.92 Å². The molecule has 8 nitrogen and oxygen atoms in total. The summed E-state index contributed by atoms with van der Waals surface area (Å²) >= 11 is 0. The van der Waals surface area contributed by atoms with E-state index in [0.717, 1.165) is 23.2 Å². The Morgan fingerprint density at radius 2 is 1.74 bits per heavy atom. The number of likely N-dealkylation sites (tertiary alicyclic amines) is 1. The molecule has 0 bridgehead atoms. The molecule has 1 fully saturated rings. The molecule has 2 aromatic rings. The van der Waals surface area contributed by atoms with Crippen molar-refractivity contribution in [3.8, 4) is 5.75 Å². The quantitative estimate of drug-likeness (QED) is 0.585. The summed E-state index contributed by atoms with van der Waals surface area (Å²) in [6, 6.07) is 11.3. The highest BCUT2D eigenvalue weighted by molar-refractivity contribution is 5.91. The summed E-state index contributed by atoms with van der Waals surface area (Å²) in [5, 5.41) is 22.7. The van der Waals surface area contributed by atoms with Crippen molar-refractivity contribution in [2.24, 2.45) is 5.92 Å². The van der Waals surface area contributed by atoms with Crippen LogP contribution in [0.4, 0.5) is 10.5 Å². The first-order valence-electron chi connectivity index (χ1n) is 12.2. The molecule has 0 spiro atoms. The molecule has 0 radical (unpaired) electrons. The van der Waals surface area contributed by atoms with Crippen LogP contribution in [-0.4, -0.2) is 63.6 Å². The number of carbonyl (C=O) groups is 3. The first-order chi connectivity index (χ1) is 16.7. The van der Waals surface area contributed by atoms with Gasteiger partial charge in [-0.2, -0.15) is 0 Å². The molecule has 2 aromatic carbocycles. The van der Waals surface area contributed by atoms with Gasteiger partial charge in [-0.15, -0.1) is 0 Å². The van der Waals surface area contributed by atoms with Gasteiger partial charge in [0.1, 0.15) is 5.75 Å². The number of benzene rings is 2. The number of nitrogens with one attached hydrogen (secondary N) is 1. The Labute approximate surface area is 205 Å². The van der Waals surface area contributed by atoms with Crippen molar-refractivity contribution in [2.45, 2.75) is 52.0 Å². The number of aliphatic carboxylic acids is 1. The number of carboxylic acid groups (broad SMARTS) is 1. The second-order valence-electron chi connectivity index (χ2n) is 9.66. The third kappa shape index (κ3) is 5.58. The van der Waals surface area contributed by atoms with Crippen molar-refractivity contribution < 1.29 is 24.6 Å². The fraction of sp³-hybridized carbons (Fsp3) is 0.444. The lowest BCUT2D eigenvalue weighted by atomic mass is 9.93. The zero-order chi connectivity index (χ0) is 25.1. The van der Waals surface area contributed by atoms with Gasteiger partial charge in [-0.05, 0) is 67.9 Å². The van der Waals surface area contributed by atoms with E-state index in [1.165, 1.54) is 0 Å². The number of anilines is 1. The Bertz CT molecular complexity index is 1100. The van der Waals surface area contributed by atoms with E-state index in [1.807, 2.05) is 29.2 Å². The number of para-hydroxylation sites is 1. The Hall–Kier alpha value is -3.55. The number of rotatable bonds is 6. The van der Waals surface area contributed by atoms with Gasteiger partial charge in [-0.1, -0.05) is 30.3 Å². The third-order valence-electron chi connectivity index (χ3n) is 7.20. The van der Waals surface area contributed by atoms with Gasteiger partial charge >= 0.3 is 12.0 Å². The van der Waals surface area contributed by atoms with Gasteiger partial charge in [0.25, 0.3) is 0 Å². The third-order valence-corrected chi connectivity index (χ3v) is 7.20. The van der Waals surface area contributed by atoms with Crippen molar-refractivity contribution in [1.29, 1.82) is 0 Å². The van der Waals surface area contributed by atoms with Crippen LogP contribution in [0.3, 0.4) is 0 Å². The standard InChI is InChI=1S/C27H33N3O5/c1-17-13-19(14-18(2)25(17)32)15-21(26(33)34)16-24(31)29-10-8-22(9-11-29)30-12-7-20-5-3-4-6-23(20)28-27(30)35/h3-6,13-14,21-22,32H,7-12,15-16H2,1-2H3,(H,28,35)(H,33,34). The first kappa shape index (κ1) is 24.6. The summed E-state index contributed by atoms with van der Waals surface area (Å²) in [5.41, 5.74) is 4.15. The number of amides is 3. The molecular formula is C27H33N3O5. The Morgan fingerprint density at radius 3 is 2.40 bits per heavy atom. The molecule has 3 amide bonds. The zero-order valence-electron chi connectivity index (χ0n) is 20.3. The van der Waals surface area contributed by atoms with Crippen LogP contribution in [0.15, 0.2) is 36.4 Å². The number of fused-ring (bicyclic) bond motifs is 1. The average molecular weight is 480 g/mol. The van der Waals surface area contributed by atoms with E-state index in [9.17, 15) is 24.6 Å². The number of carboxylic acids is 1. The monoisotopic (exact) mass is 479 g/mol. The molecule has 2 aliphatic heterocycles. The van der Waals surface area contributed by atoms with Crippen LogP contribution in [0.2, 0.25) is 0 Å². The van der Waals surface area contributed by atoms with Crippen molar-refractivity contribution in [3.05, 3.63) is 58.7 Å². The number of nitrogens with zero attached hydrogens (tertiary/aromatic N) is 2. The topological polar surface area (TPSA) is 110 Å². The molecule has 2 aliphatic rings. The zero-order valence-corrected chi connectivity index (χ0v) is 20.3. The van der Waals surface area contributed by atoms with Crippen LogP contribution in [0.5, 0.6) is 5.75 Å². The number of hydrogen-bond acceptors (Lipinski definition) is 4. The number of urea groups is 1. The molecule has 1 atom stereocenters. The van der Waals surface area contributed by atoms with Gasteiger partial charge in [-0.25, -0.2) is 4.79 Å². The highest BCUT2D eigenvalue weighted by Gasteiger charge is 2.32. The average Bonchev–Trinajstić information content (AvgIpc) is 3.00. The molecule has 0 aromatic heterocycles. The summed E-state index contributed by atoms with van der Waals surface area (Å²) in [6.07, 6.45) is 2.28. The van der Waals surface area contributed by atoms with Crippen molar-refractivity contribution in [2.75, 3.05) is 25.0 Å². The van der Waals surface area contributed by atoms with E-state index in [4.69, 9.17) is 0 Å². The molecule has 0 saturated carbocycles. The Morgan fingerprint density at radius 1 is 1.09 bits per heavy atom. The molecule has 0 aliphatic carbocycles. The maximum atomic E-state index is 13.0. The number of piperidine rings is 1. The summed E-state index contributed by atoms with van der Waals surface area (Å²) < 4.78 is 0. The lowest BCUT2D eigenvalue weighted by Crippen LogP contribution is -2.50. The number of carbonyl (C=O) groups excluding carboxylic acids is 2. The lowest BCUT2D eigenvalue weighted by Gasteiger charge is -2.38. The summed E-state index contributed by atoms with van der Waals surface area (Å²) in [4.78, 5) is 41.3. The molecule has 2 heterocycles. The molecule has 4 rings (SSSR count). The van der Waals surface area contributed by atoms with Crippen LogP contribution in [0.25, 0.3) is 0 Å². The Kier molecular flexibility index (Phi) is 7.28. The van der Waals surface area contributed by atoms with Gasteiger partial charge in [0.2, 0.25) is 5.91 Å². The van der Waals surface area contributed by atoms with E-state index in [2.05, 4.69) is 5.32 Å². The van der Waals surface area contributed by atoms with Crippen molar-refractivity contribution in [3.63, 3.8) is 0 Å². The molecule has 1 saturated heterocycles. The summed E-state index contributed by atoms with van der Waals surface area (Å²) in [6.45, 7) is 5.20. The lowest BCUT2D eigenvalue weighted by molar-refractivity contribution is -0.146. The van der Waals surface area contributed by atoms with Crippen molar-refractivity contribution >= 4 is 23.6 Å². The molecule has 1 unspecified atom stereocenters. The van der Waals surface area contributed by atoms with E-state index < -0.39 is 11.9 Å². The predicted molar refractivity (Wildman–Crippen MR) is 133 cm³/mol. The van der Waals surface area contributed by atoms with Crippen LogP contribution in [-0.2, 0) is 22.4 Å². The van der Waals surface area contributed by atoms with Crippen LogP contribution < -0.4 is 5.32 Å². The SMILES string of the molecule is Cc1cc(CC(CC(=O)N2CCC(N3CCc4ccccc4NC3=O)CC2)C(=O)O)cc(C)c1O. The number of phenols is 1. The fourth-order valence-electron chi connectivity index (χ4n) is 5.20. The second-order valence-corrected chi connectivity index (χ2v) is 9.66. The fourth-order valence-corrected chi connectivity index (χ4v) is 5.20. The largest absolute Gasteiger partial charge is 0.507 e. The normalized spacial score (nSPS) is 17.4. The molecular weight excluding hydrogens is 446 g/mol. The number of hydrogen-bond donors (Lipinski definition) is 3. The number of phenolic OH excluding ortho intramolecular Hbond substituents is 1. The smallest absolute Gasteiger partial charge is 0.322 e. The molecule has 35 heavy (non-hydrogen) atoms. The van der Waals surface area contributed by atoms with Gasteiger partial charge in [0, 0.05) is 37.8 Å². The van der Waals surface area contributed by atoms with E-state index in [-0.39, 0.29) is 36.6 Å². The number of aromatic hydroxyl groups is 1. The van der Waals surface area contributed by atoms with E-state index in [1.54, 1.807) is 30.9 Å². The Balaban J connectivity index is 1.33. The van der Waals surface area contributed by atoms with Crippen molar-refractivity contribution in [1.82, 2.24) is 9.80 Å². The van der Waals surface area contributed by atoms with Gasteiger partial charge in [0.15, 0.2) is 0 Å². The number of aryl methyl sites for hydroxylation is 2. The van der Waals surface area contributed by atoms with Crippen LogP contribution >= 0.6 is 0 Å². The second kappa shape index (κ2) is 10.4. The van der Waals surface area contributed by atoms with Crippen LogP contribution in [0, 0.1) is 19.8 Å². The maximum absolute atomic E-state index is 13.0. The molecule has 186 valence electrons. The summed E-state index contributed by atoms with van der Waals surface area (Å²) in [5.74, 6) is -1.80. The van der Waals surface area contributed by atoms with Gasteiger partial charge < -0.3 is 25.3 Å². The highest BCUT2D eigenvalue weighted by Crippen LogP contribution is 2.27. The van der Waals surface area contributed by atoms with E-state index >= 15 is 0 Å². The molecule has 8 heteroatoms. The minimum Gasteiger partial charge on any atom is -0.507 e. The van der Waals surface area contributed by atoms with Gasteiger partial charge in [-0.3, -0.25) is 9.59 Å². The first-order valence-corrected chi connectivity index (χ1v) is 12.2. The van der Waals surface area contributed by atoms with Crippen LogP contribution in [0.1, 0.15) is 41.5 Å². The predicted octanol–water partition coefficient (Wildman–Crippen LogP) is 3.72.